The lowest BCUT2D eigenvalue weighted by Crippen LogP contribution is -2.17. The van der Waals surface area contributed by atoms with Gasteiger partial charge in [0.1, 0.15) is 4.99 Å². The van der Waals surface area contributed by atoms with Crippen molar-refractivity contribution >= 4 is 34.5 Å². The van der Waals surface area contributed by atoms with Gasteiger partial charge in [0.15, 0.2) is 0 Å². The molecule has 3 nitrogen and oxygen atoms in total. The molecular weight excluding hydrogens is 280 g/mol. The first-order valence-electron chi connectivity index (χ1n) is 6.38. The molecule has 0 unspecified atom stereocenters. The van der Waals surface area contributed by atoms with Gasteiger partial charge in [0, 0.05) is 25.8 Å². The lowest BCUT2D eigenvalue weighted by atomic mass is 10.0. The summed E-state index contributed by atoms with van der Waals surface area (Å²) in [5.74, 6) is 0. The predicted octanol–water partition coefficient (Wildman–Crippen LogP) is 3.20. The van der Waals surface area contributed by atoms with E-state index in [2.05, 4.69) is 5.32 Å². The summed E-state index contributed by atoms with van der Waals surface area (Å²) in [4.78, 5) is 0.368. The number of methoxy groups -OCH3 is 1. The van der Waals surface area contributed by atoms with Crippen LogP contribution in [0.2, 0.25) is 5.02 Å². The maximum Gasteiger partial charge on any atom is 0.104 e. The molecule has 19 heavy (non-hydrogen) atoms. The lowest BCUT2D eigenvalue weighted by Gasteiger charge is -2.17. The molecule has 0 saturated heterocycles. The molecule has 5 heteroatoms. The van der Waals surface area contributed by atoms with Gasteiger partial charge in [0.05, 0.1) is 10.7 Å². The fourth-order valence-electron chi connectivity index (χ4n) is 2.10. The van der Waals surface area contributed by atoms with Crippen LogP contribution in [0.3, 0.4) is 0 Å². The van der Waals surface area contributed by atoms with Gasteiger partial charge in [-0.1, -0.05) is 23.8 Å². The summed E-state index contributed by atoms with van der Waals surface area (Å²) in [6.07, 6.45) is 3.61. The van der Waals surface area contributed by atoms with Crippen LogP contribution in [0.15, 0.2) is 18.2 Å². The molecule has 1 aliphatic carbocycles. The van der Waals surface area contributed by atoms with Gasteiger partial charge in [-0.25, -0.2) is 0 Å². The Morgan fingerprint density at radius 3 is 2.79 bits per heavy atom. The van der Waals surface area contributed by atoms with Crippen LogP contribution < -0.4 is 11.1 Å². The standard InChI is InChI=1S/C14H19ClN2OS/c1-18-7-6-14(4-5-14)9-17-12-3-2-10(13(16)19)8-11(12)15/h2-3,8,17H,4-7,9H2,1H3,(H2,16,19). The average molecular weight is 299 g/mol. The molecule has 0 heterocycles. The number of ether oxygens (including phenoxy) is 1. The monoisotopic (exact) mass is 298 g/mol. The Kier molecular flexibility index (Phi) is 4.66. The molecule has 0 atom stereocenters. The van der Waals surface area contributed by atoms with Crippen LogP contribution >= 0.6 is 23.8 Å². The summed E-state index contributed by atoms with van der Waals surface area (Å²) >= 11 is 11.2. The van der Waals surface area contributed by atoms with Crippen molar-refractivity contribution < 1.29 is 4.74 Å². The predicted molar refractivity (Wildman–Crippen MR) is 84.0 cm³/mol. The van der Waals surface area contributed by atoms with Gasteiger partial charge in [0.25, 0.3) is 0 Å². The maximum atomic E-state index is 6.22. The molecule has 0 spiro atoms. The minimum absolute atomic E-state index is 0.368. The van der Waals surface area contributed by atoms with Crippen LogP contribution in [0, 0.1) is 5.41 Å². The molecule has 1 aliphatic rings. The molecule has 1 aromatic rings. The second-order valence-electron chi connectivity index (χ2n) is 5.16. The van der Waals surface area contributed by atoms with Crippen molar-refractivity contribution in [2.75, 3.05) is 25.6 Å². The number of benzene rings is 1. The Morgan fingerprint density at radius 2 is 2.26 bits per heavy atom. The molecule has 2 rings (SSSR count). The molecule has 0 radical (unpaired) electrons. The second kappa shape index (κ2) is 6.07. The summed E-state index contributed by atoms with van der Waals surface area (Å²) < 4.78 is 5.15. The molecule has 104 valence electrons. The van der Waals surface area contributed by atoms with E-state index in [4.69, 9.17) is 34.3 Å². The van der Waals surface area contributed by atoms with Gasteiger partial charge < -0.3 is 15.8 Å². The van der Waals surface area contributed by atoms with Crippen molar-refractivity contribution in [2.45, 2.75) is 19.3 Å². The van der Waals surface area contributed by atoms with Gasteiger partial charge in [-0.15, -0.1) is 0 Å². The maximum absolute atomic E-state index is 6.22. The molecule has 3 N–H and O–H groups in total. The Morgan fingerprint density at radius 1 is 1.53 bits per heavy atom. The molecule has 1 fully saturated rings. The average Bonchev–Trinajstić information content (AvgIpc) is 3.15. The Labute approximate surface area is 124 Å². The summed E-state index contributed by atoms with van der Waals surface area (Å²) in [6.45, 7) is 1.75. The molecule has 0 bridgehead atoms. The Hall–Kier alpha value is -0.840. The quantitative estimate of drug-likeness (QED) is 0.759. The number of rotatable bonds is 7. The molecule has 1 aromatic carbocycles. The highest BCUT2D eigenvalue weighted by Gasteiger charge is 2.41. The van der Waals surface area contributed by atoms with E-state index in [1.54, 1.807) is 13.2 Å². The number of nitrogens with two attached hydrogens (primary N) is 1. The number of halogens is 1. The van der Waals surface area contributed by atoms with Crippen LogP contribution in [0.25, 0.3) is 0 Å². The normalized spacial score (nSPS) is 16.1. The van der Waals surface area contributed by atoms with Gasteiger partial charge in [-0.05, 0) is 42.9 Å². The van der Waals surface area contributed by atoms with Gasteiger partial charge >= 0.3 is 0 Å². The summed E-state index contributed by atoms with van der Waals surface area (Å²) in [5.41, 5.74) is 7.70. The molecule has 1 saturated carbocycles. The first-order chi connectivity index (χ1) is 9.06. The van der Waals surface area contributed by atoms with Crippen molar-refractivity contribution in [3.8, 4) is 0 Å². The summed E-state index contributed by atoms with van der Waals surface area (Å²) in [7, 11) is 1.74. The highest BCUT2D eigenvalue weighted by Crippen LogP contribution is 2.48. The van der Waals surface area contributed by atoms with E-state index in [0.29, 0.717) is 15.4 Å². The first kappa shape index (κ1) is 14.6. The number of anilines is 1. The smallest absolute Gasteiger partial charge is 0.104 e. The zero-order valence-corrected chi connectivity index (χ0v) is 12.6. The van der Waals surface area contributed by atoms with Crippen molar-refractivity contribution in [3.05, 3.63) is 28.8 Å². The Balaban J connectivity index is 1.95. The van der Waals surface area contributed by atoms with E-state index in [1.807, 2.05) is 12.1 Å². The minimum Gasteiger partial charge on any atom is -0.389 e. The zero-order valence-electron chi connectivity index (χ0n) is 11.0. The Bertz CT molecular complexity index is 475. The first-order valence-corrected chi connectivity index (χ1v) is 7.17. The fourth-order valence-corrected chi connectivity index (χ4v) is 2.48. The van der Waals surface area contributed by atoms with Crippen LogP contribution in [-0.2, 0) is 4.74 Å². The van der Waals surface area contributed by atoms with Crippen molar-refractivity contribution in [1.29, 1.82) is 0 Å². The SMILES string of the molecule is COCCC1(CNc2ccc(C(N)=S)cc2Cl)CC1. The highest BCUT2D eigenvalue weighted by molar-refractivity contribution is 7.80. The summed E-state index contributed by atoms with van der Waals surface area (Å²) in [6, 6.07) is 5.63. The fraction of sp³-hybridized carbons (Fsp3) is 0.500. The molecule has 0 amide bonds. The largest absolute Gasteiger partial charge is 0.389 e. The van der Waals surface area contributed by atoms with E-state index in [9.17, 15) is 0 Å². The van der Waals surface area contributed by atoms with Crippen molar-refractivity contribution in [2.24, 2.45) is 11.1 Å². The van der Waals surface area contributed by atoms with Gasteiger partial charge in [-0.3, -0.25) is 0 Å². The number of hydrogen-bond acceptors (Lipinski definition) is 3. The number of thiocarbonyl (C=S) groups is 1. The van der Waals surface area contributed by atoms with Crippen molar-refractivity contribution in [1.82, 2.24) is 0 Å². The topological polar surface area (TPSA) is 47.3 Å². The van der Waals surface area contributed by atoms with Crippen molar-refractivity contribution in [3.63, 3.8) is 0 Å². The van der Waals surface area contributed by atoms with E-state index >= 15 is 0 Å². The number of nitrogens with one attached hydrogen (secondary N) is 1. The second-order valence-corrected chi connectivity index (χ2v) is 6.00. The molecule has 0 aromatic heterocycles. The third-order valence-electron chi connectivity index (χ3n) is 3.70. The van der Waals surface area contributed by atoms with Crippen LogP contribution in [0.4, 0.5) is 5.69 Å². The third-order valence-corrected chi connectivity index (χ3v) is 4.25. The van der Waals surface area contributed by atoms with Crippen LogP contribution in [0.1, 0.15) is 24.8 Å². The minimum atomic E-state index is 0.368. The lowest BCUT2D eigenvalue weighted by molar-refractivity contribution is 0.175. The van der Waals surface area contributed by atoms with E-state index in [-0.39, 0.29) is 0 Å². The van der Waals surface area contributed by atoms with Gasteiger partial charge in [0.2, 0.25) is 0 Å². The highest BCUT2D eigenvalue weighted by atomic mass is 35.5. The molecule has 0 aliphatic heterocycles. The molecular formula is C14H19ClN2OS. The van der Waals surface area contributed by atoms with E-state index in [1.165, 1.54) is 12.8 Å². The van der Waals surface area contributed by atoms with Gasteiger partial charge in [-0.2, -0.15) is 0 Å². The van der Waals surface area contributed by atoms with E-state index in [0.717, 1.165) is 30.8 Å². The number of hydrogen-bond donors (Lipinski definition) is 2. The van der Waals surface area contributed by atoms with E-state index < -0.39 is 0 Å². The summed E-state index contributed by atoms with van der Waals surface area (Å²) in [5, 5.41) is 4.08. The van der Waals surface area contributed by atoms with Crippen LogP contribution in [0.5, 0.6) is 0 Å². The third kappa shape index (κ3) is 3.81. The zero-order chi connectivity index (χ0) is 13.9. The van der Waals surface area contributed by atoms with Crippen LogP contribution in [-0.4, -0.2) is 25.2 Å².